The molecule has 0 radical (unpaired) electrons. The summed E-state index contributed by atoms with van der Waals surface area (Å²) in [4.78, 5) is 30.9. The lowest BCUT2D eigenvalue weighted by atomic mass is 10.1. The van der Waals surface area contributed by atoms with Crippen molar-refractivity contribution in [2.45, 2.75) is 26.2 Å². The van der Waals surface area contributed by atoms with Gasteiger partial charge >= 0.3 is 0 Å². The Morgan fingerprint density at radius 2 is 1.75 bits per heavy atom. The number of aryl methyl sites for hydroxylation is 1. The van der Waals surface area contributed by atoms with E-state index in [4.69, 9.17) is 0 Å². The van der Waals surface area contributed by atoms with Crippen LogP contribution in [0.15, 0.2) is 42.7 Å². The van der Waals surface area contributed by atoms with Gasteiger partial charge in [0.1, 0.15) is 0 Å². The van der Waals surface area contributed by atoms with Gasteiger partial charge in [-0.05, 0) is 43.9 Å². The molecule has 1 aromatic heterocycles. The second kappa shape index (κ2) is 7.25. The number of amides is 2. The number of rotatable bonds is 3. The van der Waals surface area contributed by atoms with Gasteiger partial charge in [-0.1, -0.05) is 18.2 Å². The maximum Gasteiger partial charge on any atom is 0.257 e. The summed E-state index contributed by atoms with van der Waals surface area (Å²) in [6.07, 6.45) is 6.25. The fourth-order valence-corrected chi connectivity index (χ4v) is 2.87. The van der Waals surface area contributed by atoms with Crippen LogP contribution in [-0.4, -0.2) is 34.8 Å². The highest BCUT2D eigenvalue weighted by Crippen LogP contribution is 2.16. The van der Waals surface area contributed by atoms with Crippen LogP contribution in [0.2, 0.25) is 0 Å². The van der Waals surface area contributed by atoms with Crippen LogP contribution in [-0.2, 0) is 0 Å². The fraction of sp³-hybridized carbons (Fsp3) is 0.316. The van der Waals surface area contributed by atoms with Crippen molar-refractivity contribution >= 4 is 17.5 Å². The molecule has 1 fully saturated rings. The SMILES string of the molecule is Cc1ccccc1NC(=O)c1cncc(C(=O)N2CCCCC2)c1. The number of hydrogen-bond acceptors (Lipinski definition) is 3. The number of nitrogens with zero attached hydrogens (tertiary/aromatic N) is 2. The summed E-state index contributed by atoms with van der Waals surface area (Å²) in [6, 6.07) is 9.20. The fourth-order valence-electron chi connectivity index (χ4n) is 2.87. The van der Waals surface area contributed by atoms with Crippen LogP contribution in [0.1, 0.15) is 45.5 Å². The molecule has 2 aromatic rings. The van der Waals surface area contributed by atoms with Gasteiger partial charge in [0.05, 0.1) is 11.1 Å². The minimum Gasteiger partial charge on any atom is -0.339 e. The molecule has 0 saturated carbocycles. The van der Waals surface area contributed by atoms with Gasteiger partial charge in [-0.3, -0.25) is 14.6 Å². The number of pyridine rings is 1. The van der Waals surface area contributed by atoms with E-state index in [0.29, 0.717) is 11.1 Å². The van der Waals surface area contributed by atoms with Crippen molar-refractivity contribution in [1.82, 2.24) is 9.88 Å². The molecular weight excluding hydrogens is 302 g/mol. The molecule has 1 aliphatic rings. The summed E-state index contributed by atoms with van der Waals surface area (Å²) >= 11 is 0. The van der Waals surface area contributed by atoms with Crippen LogP contribution in [0, 0.1) is 6.92 Å². The zero-order valence-electron chi connectivity index (χ0n) is 13.8. The molecule has 0 aliphatic carbocycles. The zero-order valence-corrected chi connectivity index (χ0v) is 13.8. The third kappa shape index (κ3) is 3.62. The van der Waals surface area contributed by atoms with E-state index in [-0.39, 0.29) is 11.8 Å². The number of piperidine rings is 1. The summed E-state index contributed by atoms with van der Waals surface area (Å²) in [5, 5.41) is 2.87. The molecule has 0 spiro atoms. The first-order valence-corrected chi connectivity index (χ1v) is 8.26. The number of anilines is 1. The lowest BCUT2D eigenvalue weighted by Crippen LogP contribution is -2.35. The van der Waals surface area contributed by atoms with Gasteiger partial charge in [-0.25, -0.2) is 0 Å². The van der Waals surface area contributed by atoms with Gasteiger partial charge in [0.2, 0.25) is 0 Å². The highest BCUT2D eigenvalue weighted by Gasteiger charge is 2.19. The van der Waals surface area contributed by atoms with Crippen LogP contribution < -0.4 is 5.32 Å². The van der Waals surface area contributed by atoms with Crippen molar-refractivity contribution in [1.29, 1.82) is 0 Å². The molecule has 1 aliphatic heterocycles. The second-order valence-corrected chi connectivity index (χ2v) is 6.08. The van der Waals surface area contributed by atoms with Crippen LogP contribution in [0.4, 0.5) is 5.69 Å². The Morgan fingerprint density at radius 1 is 1.04 bits per heavy atom. The van der Waals surface area contributed by atoms with Crippen molar-refractivity contribution < 1.29 is 9.59 Å². The zero-order chi connectivity index (χ0) is 16.9. The number of hydrogen-bond donors (Lipinski definition) is 1. The molecule has 1 saturated heterocycles. The van der Waals surface area contributed by atoms with E-state index >= 15 is 0 Å². The molecule has 124 valence electrons. The van der Waals surface area contributed by atoms with Crippen molar-refractivity contribution in [3.8, 4) is 0 Å². The van der Waals surface area contributed by atoms with Gasteiger partial charge in [-0.2, -0.15) is 0 Å². The van der Waals surface area contributed by atoms with E-state index in [1.165, 1.54) is 18.8 Å². The van der Waals surface area contributed by atoms with E-state index < -0.39 is 0 Å². The standard InChI is InChI=1S/C19H21N3O2/c1-14-7-3-4-8-17(14)21-18(23)15-11-16(13-20-12-15)19(24)22-9-5-2-6-10-22/h3-4,7-8,11-13H,2,5-6,9-10H2,1H3,(H,21,23). The van der Waals surface area contributed by atoms with Crippen LogP contribution in [0.3, 0.4) is 0 Å². The Hall–Kier alpha value is -2.69. The molecule has 3 rings (SSSR count). The summed E-state index contributed by atoms with van der Waals surface area (Å²) < 4.78 is 0. The normalized spacial score (nSPS) is 14.3. The molecule has 0 unspecified atom stereocenters. The third-order valence-electron chi connectivity index (χ3n) is 4.28. The van der Waals surface area contributed by atoms with Gasteiger partial charge in [0.25, 0.3) is 11.8 Å². The van der Waals surface area contributed by atoms with Crippen molar-refractivity contribution in [3.63, 3.8) is 0 Å². The van der Waals surface area contributed by atoms with E-state index in [1.807, 2.05) is 36.1 Å². The second-order valence-electron chi connectivity index (χ2n) is 6.08. The number of benzene rings is 1. The van der Waals surface area contributed by atoms with Crippen molar-refractivity contribution in [2.24, 2.45) is 0 Å². The largest absolute Gasteiger partial charge is 0.339 e. The van der Waals surface area contributed by atoms with Gasteiger partial charge in [-0.15, -0.1) is 0 Å². The monoisotopic (exact) mass is 323 g/mol. The Balaban J connectivity index is 1.76. The molecule has 1 aromatic carbocycles. The number of para-hydroxylation sites is 1. The van der Waals surface area contributed by atoms with Gasteiger partial charge in [0.15, 0.2) is 0 Å². The first-order chi connectivity index (χ1) is 11.6. The van der Waals surface area contributed by atoms with Gasteiger partial charge in [0, 0.05) is 31.2 Å². The molecular formula is C19H21N3O2. The highest BCUT2D eigenvalue weighted by molar-refractivity contribution is 6.06. The van der Waals surface area contributed by atoms with Crippen LogP contribution in [0.25, 0.3) is 0 Å². The topological polar surface area (TPSA) is 62.3 Å². The Kier molecular flexibility index (Phi) is 4.89. The average Bonchev–Trinajstić information content (AvgIpc) is 2.64. The predicted molar refractivity (Wildman–Crippen MR) is 93.1 cm³/mol. The summed E-state index contributed by atoms with van der Waals surface area (Å²) in [6.45, 7) is 3.49. The number of aromatic nitrogens is 1. The summed E-state index contributed by atoms with van der Waals surface area (Å²) in [7, 11) is 0. The highest BCUT2D eigenvalue weighted by atomic mass is 16.2. The molecule has 24 heavy (non-hydrogen) atoms. The van der Waals surface area contributed by atoms with Gasteiger partial charge < -0.3 is 10.2 Å². The maximum absolute atomic E-state index is 12.5. The number of carbonyl (C=O) groups excluding carboxylic acids is 2. The molecule has 2 heterocycles. The number of nitrogens with one attached hydrogen (secondary N) is 1. The van der Waals surface area contributed by atoms with Crippen molar-refractivity contribution in [2.75, 3.05) is 18.4 Å². The van der Waals surface area contributed by atoms with E-state index in [2.05, 4.69) is 10.3 Å². The first kappa shape index (κ1) is 16.2. The quantitative estimate of drug-likeness (QED) is 0.943. The Bertz CT molecular complexity index is 752. The molecule has 5 nitrogen and oxygen atoms in total. The Labute approximate surface area is 141 Å². The average molecular weight is 323 g/mol. The maximum atomic E-state index is 12.5. The lowest BCUT2D eigenvalue weighted by molar-refractivity contribution is 0.0724. The van der Waals surface area contributed by atoms with Crippen LogP contribution in [0.5, 0.6) is 0 Å². The summed E-state index contributed by atoms with van der Waals surface area (Å²) in [5.74, 6) is -0.308. The molecule has 1 N–H and O–H groups in total. The minimum absolute atomic E-state index is 0.0484. The molecule has 2 amide bonds. The van der Waals surface area contributed by atoms with Crippen LogP contribution >= 0.6 is 0 Å². The predicted octanol–water partition coefficient (Wildman–Crippen LogP) is 3.27. The summed E-state index contributed by atoms with van der Waals surface area (Å²) in [5.41, 5.74) is 2.60. The van der Waals surface area contributed by atoms with Crippen molar-refractivity contribution in [3.05, 3.63) is 59.4 Å². The van der Waals surface area contributed by atoms with E-state index in [0.717, 1.165) is 37.2 Å². The molecule has 0 bridgehead atoms. The van der Waals surface area contributed by atoms with E-state index in [1.54, 1.807) is 6.07 Å². The number of carbonyl (C=O) groups is 2. The first-order valence-electron chi connectivity index (χ1n) is 8.26. The smallest absolute Gasteiger partial charge is 0.257 e. The number of likely N-dealkylation sites (tertiary alicyclic amines) is 1. The third-order valence-corrected chi connectivity index (χ3v) is 4.28. The lowest BCUT2D eigenvalue weighted by Gasteiger charge is -2.26. The molecule has 5 heteroatoms. The Morgan fingerprint density at radius 3 is 2.50 bits per heavy atom. The van der Waals surface area contributed by atoms with E-state index in [9.17, 15) is 9.59 Å². The minimum atomic E-state index is -0.259. The molecule has 0 atom stereocenters.